The smallest absolute Gasteiger partial charge is 0.339 e. The lowest BCUT2D eigenvalue weighted by atomic mass is 9.88. The molecule has 3 rings (SSSR count). The second-order valence-electron chi connectivity index (χ2n) is 6.13. The van der Waals surface area contributed by atoms with E-state index in [4.69, 9.17) is 4.52 Å². The number of nitrogens with one attached hydrogen (secondary N) is 1. The van der Waals surface area contributed by atoms with Crippen molar-refractivity contribution in [3.05, 3.63) is 41.7 Å². The van der Waals surface area contributed by atoms with Crippen LogP contribution >= 0.6 is 0 Å². The fraction of sp³-hybridized carbons (Fsp3) is 0.400. The van der Waals surface area contributed by atoms with E-state index in [-0.39, 0.29) is 12.3 Å². The Labute approximate surface area is 129 Å². The van der Waals surface area contributed by atoms with Gasteiger partial charge in [-0.2, -0.15) is 23.3 Å². The maximum absolute atomic E-state index is 12.9. The Morgan fingerprint density at radius 3 is 2.74 bits per heavy atom. The molecule has 0 saturated heterocycles. The van der Waals surface area contributed by atoms with Gasteiger partial charge in [0.05, 0.1) is 17.1 Å². The van der Waals surface area contributed by atoms with Gasteiger partial charge < -0.3 is 4.52 Å². The maximum atomic E-state index is 12.9. The molecule has 122 valence electrons. The van der Waals surface area contributed by atoms with Crippen molar-refractivity contribution in [2.75, 3.05) is 0 Å². The quantitative estimate of drug-likeness (QED) is 0.795. The second-order valence-corrected chi connectivity index (χ2v) is 6.13. The van der Waals surface area contributed by atoms with Gasteiger partial charge in [0.25, 0.3) is 0 Å². The summed E-state index contributed by atoms with van der Waals surface area (Å²) in [6.45, 7) is 2.23. The van der Waals surface area contributed by atoms with Crippen molar-refractivity contribution in [2.24, 2.45) is 5.41 Å². The molecule has 23 heavy (non-hydrogen) atoms. The largest absolute Gasteiger partial charge is 0.394 e. The number of hydrogen-bond acceptors (Lipinski definition) is 4. The molecule has 0 spiro atoms. The number of nitrogens with zero attached hydrogens (tertiary/aromatic N) is 3. The van der Waals surface area contributed by atoms with E-state index in [1.807, 2.05) is 18.2 Å². The van der Waals surface area contributed by atoms with Gasteiger partial charge in [-0.05, 0) is 11.6 Å². The van der Waals surface area contributed by atoms with Crippen molar-refractivity contribution in [3.63, 3.8) is 0 Å². The van der Waals surface area contributed by atoms with E-state index >= 15 is 0 Å². The van der Waals surface area contributed by atoms with Gasteiger partial charge in [0.15, 0.2) is 5.82 Å². The Kier molecular flexibility index (Phi) is 3.62. The molecule has 0 atom stereocenters. The highest BCUT2D eigenvalue weighted by Gasteiger charge is 2.48. The van der Waals surface area contributed by atoms with Gasteiger partial charge in [-0.1, -0.05) is 31.1 Å². The molecule has 2 heterocycles. The first-order valence-electron chi connectivity index (χ1n) is 7.05. The van der Waals surface area contributed by atoms with Crippen LogP contribution in [0.2, 0.25) is 0 Å². The number of benzene rings is 1. The summed E-state index contributed by atoms with van der Waals surface area (Å²) in [5.74, 6) is 0.349. The van der Waals surface area contributed by atoms with Crippen LogP contribution in [0.15, 0.2) is 28.9 Å². The number of halogens is 3. The molecule has 0 aliphatic carbocycles. The summed E-state index contributed by atoms with van der Waals surface area (Å²) in [6.07, 6.45) is -2.58. The molecule has 5 nitrogen and oxygen atoms in total. The third-order valence-corrected chi connectivity index (χ3v) is 3.74. The van der Waals surface area contributed by atoms with Crippen LogP contribution in [0, 0.1) is 5.41 Å². The minimum Gasteiger partial charge on any atom is -0.339 e. The molecule has 0 fully saturated rings. The Balaban J connectivity index is 1.74. The van der Waals surface area contributed by atoms with E-state index in [0.717, 1.165) is 30.3 Å². The number of rotatable bonds is 4. The van der Waals surface area contributed by atoms with Crippen LogP contribution in [0.4, 0.5) is 13.2 Å². The molecule has 0 aliphatic rings. The Hall–Kier alpha value is -2.38. The van der Waals surface area contributed by atoms with Crippen molar-refractivity contribution in [2.45, 2.75) is 32.9 Å². The van der Waals surface area contributed by atoms with Crippen LogP contribution in [0.25, 0.3) is 10.9 Å². The summed E-state index contributed by atoms with van der Waals surface area (Å²) in [7, 11) is 0. The fourth-order valence-electron chi connectivity index (χ4n) is 2.19. The average molecular weight is 324 g/mol. The van der Waals surface area contributed by atoms with Crippen LogP contribution in [-0.2, 0) is 12.8 Å². The Bertz CT molecular complexity index is 819. The van der Waals surface area contributed by atoms with Gasteiger partial charge in [0, 0.05) is 18.2 Å². The van der Waals surface area contributed by atoms with Gasteiger partial charge in [0.2, 0.25) is 5.89 Å². The number of hydrogen-bond donors (Lipinski definition) is 1. The summed E-state index contributed by atoms with van der Waals surface area (Å²) < 4.78 is 43.6. The maximum Gasteiger partial charge on any atom is 0.394 e. The third kappa shape index (κ3) is 3.20. The highest BCUT2D eigenvalue weighted by Crippen LogP contribution is 2.39. The predicted molar refractivity (Wildman–Crippen MR) is 76.7 cm³/mol. The van der Waals surface area contributed by atoms with Crippen molar-refractivity contribution in [1.82, 2.24) is 20.3 Å². The topological polar surface area (TPSA) is 67.6 Å². The van der Waals surface area contributed by atoms with Crippen LogP contribution < -0.4 is 0 Å². The normalized spacial score (nSPS) is 12.9. The van der Waals surface area contributed by atoms with E-state index in [2.05, 4.69) is 20.3 Å². The lowest BCUT2D eigenvalue weighted by molar-refractivity contribution is -0.212. The molecule has 0 saturated carbocycles. The van der Waals surface area contributed by atoms with Gasteiger partial charge in [-0.15, -0.1) is 0 Å². The SMILES string of the molecule is CC(C)(Cc1nc(Cc2ccc3cn[nH]c3c2)no1)C(F)(F)F. The summed E-state index contributed by atoms with van der Waals surface area (Å²) in [5.41, 5.74) is -0.111. The second kappa shape index (κ2) is 5.36. The van der Waals surface area contributed by atoms with Gasteiger partial charge in [0.1, 0.15) is 0 Å². The number of fused-ring (bicyclic) bond motifs is 1. The first-order valence-corrected chi connectivity index (χ1v) is 7.05. The van der Waals surface area contributed by atoms with Crippen LogP contribution in [0.1, 0.15) is 31.1 Å². The minimum absolute atomic E-state index is 0.00931. The monoisotopic (exact) mass is 324 g/mol. The molecule has 0 amide bonds. The van der Waals surface area contributed by atoms with E-state index in [1.54, 1.807) is 6.20 Å². The van der Waals surface area contributed by atoms with Gasteiger partial charge in [-0.3, -0.25) is 5.10 Å². The van der Waals surface area contributed by atoms with Gasteiger partial charge >= 0.3 is 6.18 Å². The van der Waals surface area contributed by atoms with Crippen LogP contribution in [0.5, 0.6) is 0 Å². The van der Waals surface area contributed by atoms with Crippen molar-refractivity contribution >= 4 is 10.9 Å². The summed E-state index contributed by atoms with van der Waals surface area (Å²) in [4.78, 5) is 4.07. The molecule has 2 aromatic heterocycles. The highest BCUT2D eigenvalue weighted by molar-refractivity contribution is 5.78. The van der Waals surface area contributed by atoms with E-state index in [1.165, 1.54) is 0 Å². The summed E-state index contributed by atoms with van der Waals surface area (Å²) in [6, 6.07) is 5.70. The molecule has 0 bridgehead atoms. The number of H-pyrrole nitrogens is 1. The molecule has 3 aromatic rings. The fourth-order valence-corrected chi connectivity index (χ4v) is 2.19. The highest BCUT2D eigenvalue weighted by atomic mass is 19.4. The van der Waals surface area contributed by atoms with Crippen molar-refractivity contribution in [3.8, 4) is 0 Å². The zero-order valence-corrected chi connectivity index (χ0v) is 12.6. The lowest BCUT2D eigenvalue weighted by Crippen LogP contribution is -2.34. The number of aromatic amines is 1. The molecule has 8 heteroatoms. The van der Waals surface area contributed by atoms with E-state index in [0.29, 0.717) is 12.2 Å². The van der Waals surface area contributed by atoms with E-state index < -0.39 is 11.6 Å². The van der Waals surface area contributed by atoms with Crippen molar-refractivity contribution < 1.29 is 17.7 Å². The number of alkyl halides is 3. The molecule has 0 aliphatic heterocycles. The molecular weight excluding hydrogens is 309 g/mol. The Morgan fingerprint density at radius 2 is 2.00 bits per heavy atom. The molecule has 0 radical (unpaired) electrons. The lowest BCUT2D eigenvalue weighted by Gasteiger charge is -2.25. The molecule has 1 N–H and O–H groups in total. The first-order chi connectivity index (χ1) is 10.7. The van der Waals surface area contributed by atoms with Crippen LogP contribution in [0.3, 0.4) is 0 Å². The average Bonchev–Trinajstić information content (AvgIpc) is 3.06. The molecular formula is C15H15F3N4O. The zero-order valence-electron chi connectivity index (χ0n) is 12.6. The zero-order chi connectivity index (χ0) is 16.7. The third-order valence-electron chi connectivity index (χ3n) is 3.74. The van der Waals surface area contributed by atoms with Crippen molar-refractivity contribution in [1.29, 1.82) is 0 Å². The summed E-state index contributed by atoms with van der Waals surface area (Å²) in [5, 5.41) is 11.5. The number of aromatic nitrogens is 4. The molecule has 0 unspecified atom stereocenters. The predicted octanol–water partition coefficient (Wildman–Crippen LogP) is 3.67. The van der Waals surface area contributed by atoms with Gasteiger partial charge in [-0.25, -0.2) is 0 Å². The van der Waals surface area contributed by atoms with E-state index in [9.17, 15) is 13.2 Å². The minimum atomic E-state index is -4.33. The Morgan fingerprint density at radius 1 is 1.22 bits per heavy atom. The standard InChI is InChI=1S/C15H15F3N4O/c1-14(2,15(16,17)18)7-13-20-12(22-23-13)6-9-3-4-10-8-19-21-11(10)5-9/h3-5,8H,6-7H2,1-2H3,(H,19,21). The van der Waals surface area contributed by atoms with Crippen LogP contribution in [-0.4, -0.2) is 26.5 Å². The summed E-state index contributed by atoms with van der Waals surface area (Å²) >= 11 is 0. The molecule has 1 aromatic carbocycles. The first kappa shape index (κ1) is 15.5.